The van der Waals surface area contributed by atoms with E-state index in [2.05, 4.69) is 24.6 Å². The number of hydrogen-bond donors (Lipinski definition) is 1. The van der Waals surface area contributed by atoms with Crippen molar-refractivity contribution in [2.24, 2.45) is 0 Å². The summed E-state index contributed by atoms with van der Waals surface area (Å²) >= 11 is 0. The second-order valence-electron chi connectivity index (χ2n) is 11.7. The molecule has 10 heteroatoms. The zero-order chi connectivity index (χ0) is 31.2. The fraction of sp³-hybridized carbons (Fsp3) is 0.531. The highest BCUT2D eigenvalue weighted by atomic mass is 32.2. The molecular formula is C32H44N4O5S. The Labute approximate surface area is 250 Å². The van der Waals surface area contributed by atoms with E-state index in [1.807, 2.05) is 39.8 Å². The van der Waals surface area contributed by atoms with Crippen molar-refractivity contribution in [2.45, 2.75) is 83.6 Å². The molecule has 9 nitrogen and oxygen atoms in total. The molecule has 0 saturated carbocycles. The van der Waals surface area contributed by atoms with Crippen LogP contribution in [0.25, 0.3) is 0 Å². The van der Waals surface area contributed by atoms with Crippen LogP contribution in [0.2, 0.25) is 0 Å². The van der Waals surface area contributed by atoms with Crippen LogP contribution in [0.4, 0.5) is 4.79 Å². The van der Waals surface area contributed by atoms with Crippen molar-refractivity contribution in [1.82, 2.24) is 14.5 Å². The van der Waals surface area contributed by atoms with Crippen LogP contribution in [-0.2, 0) is 26.0 Å². The van der Waals surface area contributed by atoms with Gasteiger partial charge in [0.25, 0.3) is 0 Å². The first kappa shape index (κ1) is 33.1. The number of nitrogens with one attached hydrogen (secondary N) is 1. The van der Waals surface area contributed by atoms with E-state index in [-0.39, 0.29) is 54.7 Å². The summed E-state index contributed by atoms with van der Waals surface area (Å²) in [6.07, 6.45) is -0.355. The van der Waals surface area contributed by atoms with Gasteiger partial charge in [-0.15, -0.1) is 0 Å². The highest BCUT2D eigenvalue weighted by Gasteiger charge is 2.35. The van der Waals surface area contributed by atoms with Gasteiger partial charge in [-0.05, 0) is 65.5 Å². The quantitative estimate of drug-likeness (QED) is 0.407. The van der Waals surface area contributed by atoms with Crippen molar-refractivity contribution in [3.63, 3.8) is 0 Å². The van der Waals surface area contributed by atoms with Gasteiger partial charge in [0.2, 0.25) is 15.9 Å². The molecule has 2 amide bonds. The number of nitrogens with zero attached hydrogens (tertiary/aromatic N) is 3. The van der Waals surface area contributed by atoms with E-state index in [1.54, 1.807) is 41.0 Å². The summed E-state index contributed by atoms with van der Waals surface area (Å²) in [7, 11) is -4.15. The number of rotatable bonds is 10. The molecule has 1 aliphatic rings. The van der Waals surface area contributed by atoms with Gasteiger partial charge in [0, 0.05) is 26.2 Å². The normalized spacial score (nSPS) is 14.8. The van der Waals surface area contributed by atoms with Crippen molar-refractivity contribution in [3.05, 3.63) is 64.2 Å². The highest BCUT2D eigenvalue weighted by molar-refractivity contribution is 7.89. The molecule has 2 aromatic carbocycles. The first-order valence-corrected chi connectivity index (χ1v) is 16.2. The maximum absolute atomic E-state index is 14.3. The van der Waals surface area contributed by atoms with Crippen molar-refractivity contribution in [2.75, 3.05) is 32.8 Å². The number of amides is 2. The van der Waals surface area contributed by atoms with Gasteiger partial charge in [-0.25, -0.2) is 13.2 Å². The molecule has 0 aliphatic carbocycles. The van der Waals surface area contributed by atoms with Gasteiger partial charge in [-0.2, -0.15) is 9.98 Å². The zero-order valence-corrected chi connectivity index (χ0v) is 26.6. The van der Waals surface area contributed by atoms with Gasteiger partial charge in [0.05, 0.1) is 23.1 Å². The number of piperazine rings is 1. The molecule has 3 rings (SSSR count). The Bertz CT molecular complexity index is 1390. The molecule has 0 radical (unpaired) electrons. The molecule has 1 N–H and O–H groups in total. The Kier molecular flexibility index (Phi) is 11.2. The van der Waals surface area contributed by atoms with E-state index in [0.29, 0.717) is 24.2 Å². The lowest BCUT2D eigenvalue weighted by Gasteiger charge is -2.36. The van der Waals surface area contributed by atoms with Crippen LogP contribution in [0.3, 0.4) is 0 Å². The minimum absolute atomic E-state index is 0.0646. The third kappa shape index (κ3) is 7.90. The standard InChI is InChI=1S/C32H44N4O5S/c1-8-41-32(38)36-14-12-35(13-15-36)31(37)29(17-24-10-9-11-25(16-24)20-33)34-42(39,40)30-27(22(4)5)18-26(21(2)3)19-28(30)23(6)7/h9-11,16,18-19,21-23,29,34H,8,12-15,17H2,1-7H3/t29-/m1/s1. The van der Waals surface area contributed by atoms with Crippen molar-refractivity contribution < 1.29 is 22.7 Å². The van der Waals surface area contributed by atoms with Crippen molar-refractivity contribution >= 4 is 22.0 Å². The number of carbonyl (C=O) groups excluding carboxylic acids is 2. The van der Waals surface area contributed by atoms with Crippen LogP contribution in [-0.4, -0.2) is 69.0 Å². The minimum Gasteiger partial charge on any atom is -0.450 e. The van der Waals surface area contributed by atoms with E-state index in [0.717, 1.165) is 16.7 Å². The maximum Gasteiger partial charge on any atom is 0.409 e. The molecular weight excluding hydrogens is 552 g/mol. The third-order valence-electron chi connectivity index (χ3n) is 7.56. The average Bonchev–Trinajstić information content (AvgIpc) is 2.95. The fourth-order valence-electron chi connectivity index (χ4n) is 5.17. The Hall–Kier alpha value is -3.42. The Morgan fingerprint density at radius 2 is 1.50 bits per heavy atom. The van der Waals surface area contributed by atoms with Gasteiger partial charge >= 0.3 is 6.09 Å². The molecule has 1 fully saturated rings. The summed E-state index contributed by atoms with van der Waals surface area (Å²) in [6.45, 7) is 15.2. The number of nitriles is 1. The van der Waals surface area contributed by atoms with Crippen LogP contribution in [0.5, 0.6) is 0 Å². The van der Waals surface area contributed by atoms with Crippen LogP contribution < -0.4 is 4.72 Å². The molecule has 2 aromatic rings. The van der Waals surface area contributed by atoms with Gasteiger partial charge in [-0.1, -0.05) is 65.8 Å². The van der Waals surface area contributed by atoms with Crippen LogP contribution in [0, 0.1) is 11.3 Å². The van der Waals surface area contributed by atoms with Crippen LogP contribution in [0.1, 0.15) is 94.0 Å². The molecule has 42 heavy (non-hydrogen) atoms. The average molecular weight is 597 g/mol. The Balaban J connectivity index is 2.03. The lowest BCUT2D eigenvalue weighted by Crippen LogP contribution is -2.56. The minimum atomic E-state index is -4.15. The summed E-state index contributed by atoms with van der Waals surface area (Å²) in [4.78, 5) is 29.5. The maximum atomic E-state index is 14.3. The van der Waals surface area contributed by atoms with Gasteiger partial charge < -0.3 is 14.5 Å². The summed E-state index contributed by atoms with van der Waals surface area (Å²) < 4.78 is 36.4. The van der Waals surface area contributed by atoms with E-state index >= 15 is 0 Å². The molecule has 228 valence electrons. The fourth-order valence-corrected chi connectivity index (χ4v) is 7.06. The van der Waals surface area contributed by atoms with E-state index in [1.165, 1.54) is 0 Å². The van der Waals surface area contributed by atoms with E-state index in [4.69, 9.17) is 4.74 Å². The number of ether oxygens (including phenoxy) is 1. The third-order valence-corrected chi connectivity index (χ3v) is 9.16. The summed E-state index contributed by atoms with van der Waals surface area (Å²) in [5.74, 6) is -0.282. The second kappa shape index (κ2) is 14.2. The second-order valence-corrected chi connectivity index (χ2v) is 13.3. The van der Waals surface area contributed by atoms with Crippen LogP contribution in [0.15, 0.2) is 41.3 Å². The van der Waals surface area contributed by atoms with E-state index < -0.39 is 22.2 Å². The lowest BCUT2D eigenvalue weighted by atomic mass is 9.89. The molecule has 0 unspecified atom stereocenters. The molecule has 1 aliphatic heterocycles. The molecule has 0 spiro atoms. The van der Waals surface area contributed by atoms with Crippen molar-refractivity contribution in [3.8, 4) is 6.07 Å². The number of hydrogen-bond acceptors (Lipinski definition) is 6. The smallest absolute Gasteiger partial charge is 0.409 e. The Morgan fingerprint density at radius 3 is 2.00 bits per heavy atom. The first-order valence-electron chi connectivity index (χ1n) is 14.7. The summed E-state index contributed by atoms with van der Waals surface area (Å²) in [6, 6.07) is 11.8. The molecule has 1 atom stereocenters. The summed E-state index contributed by atoms with van der Waals surface area (Å²) in [5, 5.41) is 9.40. The van der Waals surface area contributed by atoms with E-state index in [9.17, 15) is 23.3 Å². The largest absolute Gasteiger partial charge is 0.450 e. The summed E-state index contributed by atoms with van der Waals surface area (Å²) in [5.41, 5.74) is 3.61. The molecule has 0 bridgehead atoms. The topological polar surface area (TPSA) is 120 Å². The van der Waals surface area contributed by atoms with Gasteiger partial charge in [0.15, 0.2) is 0 Å². The number of sulfonamides is 1. The molecule has 0 aromatic heterocycles. The molecule has 1 heterocycles. The van der Waals surface area contributed by atoms with Crippen LogP contribution >= 0.6 is 0 Å². The number of benzene rings is 2. The van der Waals surface area contributed by atoms with Crippen molar-refractivity contribution in [1.29, 1.82) is 5.26 Å². The van der Waals surface area contributed by atoms with Gasteiger partial charge in [0.1, 0.15) is 6.04 Å². The predicted molar refractivity (Wildman–Crippen MR) is 163 cm³/mol. The lowest BCUT2D eigenvalue weighted by molar-refractivity contribution is -0.134. The Morgan fingerprint density at radius 1 is 0.929 bits per heavy atom. The SMILES string of the molecule is CCOC(=O)N1CCN(C(=O)[C@@H](Cc2cccc(C#N)c2)NS(=O)(=O)c2c(C(C)C)cc(C(C)C)cc2C(C)C)CC1. The zero-order valence-electron chi connectivity index (χ0n) is 25.8. The highest BCUT2D eigenvalue weighted by Crippen LogP contribution is 2.35. The molecule has 1 saturated heterocycles. The van der Waals surface area contributed by atoms with Gasteiger partial charge in [-0.3, -0.25) is 4.79 Å². The monoisotopic (exact) mass is 596 g/mol. The number of carbonyl (C=O) groups is 2. The predicted octanol–water partition coefficient (Wildman–Crippen LogP) is 5.12. The first-order chi connectivity index (χ1) is 19.8.